The average molecular weight is 374 g/mol. The third kappa shape index (κ3) is 2.61. The fraction of sp³-hybridized carbons (Fsp3) is 0.562. The highest BCUT2D eigenvalue weighted by molar-refractivity contribution is 9.10. The van der Waals surface area contributed by atoms with Crippen molar-refractivity contribution < 1.29 is 4.39 Å². The Morgan fingerprint density at radius 2 is 2.00 bits per heavy atom. The van der Waals surface area contributed by atoms with Crippen LogP contribution in [0.5, 0.6) is 0 Å². The van der Waals surface area contributed by atoms with Crippen molar-refractivity contribution in [2.24, 2.45) is 0 Å². The van der Waals surface area contributed by atoms with Crippen molar-refractivity contribution in [3.05, 3.63) is 28.2 Å². The van der Waals surface area contributed by atoms with E-state index in [2.05, 4.69) is 32.4 Å². The monoisotopic (exact) mass is 372 g/mol. The molecule has 0 saturated heterocycles. The number of halogens is 3. The first kappa shape index (κ1) is 15.3. The number of alkyl halides is 1. The van der Waals surface area contributed by atoms with Gasteiger partial charge in [0.15, 0.2) is 0 Å². The van der Waals surface area contributed by atoms with Gasteiger partial charge in [-0.2, -0.15) is 0 Å². The summed E-state index contributed by atoms with van der Waals surface area (Å²) < 4.78 is 16.6. The second-order valence-corrected chi connectivity index (χ2v) is 7.74. The lowest BCUT2D eigenvalue weighted by atomic mass is 9.82. The summed E-state index contributed by atoms with van der Waals surface area (Å²) in [5.41, 5.74) is 1.63. The Bertz CT molecular complexity index is 674. The summed E-state index contributed by atoms with van der Waals surface area (Å²) in [6.07, 6.45) is 5.85. The lowest BCUT2D eigenvalue weighted by Crippen LogP contribution is -2.34. The molecule has 2 nitrogen and oxygen atoms in total. The van der Waals surface area contributed by atoms with Crippen LogP contribution in [0.2, 0.25) is 0 Å². The number of imidazole rings is 1. The van der Waals surface area contributed by atoms with E-state index in [1.807, 2.05) is 6.92 Å². The molecule has 114 valence electrons. The van der Waals surface area contributed by atoms with Gasteiger partial charge in [0.2, 0.25) is 0 Å². The molecule has 1 heterocycles. The molecular formula is C16H19BrClFN2. The molecule has 1 aliphatic carbocycles. The normalized spacial score (nSPS) is 19.9. The van der Waals surface area contributed by atoms with E-state index in [0.717, 1.165) is 29.7 Å². The third-order valence-electron chi connectivity index (χ3n) is 4.55. The Balaban J connectivity index is 2.27. The van der Waals surface area contributed by atoms with Gasteiger partial charge < -0.3 is 4.57 Å². The number of nitrogens with zero attached hydrogens (tertiary/aromatic N) is 2. The number of hydrogen-bond acceptors (Lipinski definition) is 1. The summed E-state index contributed by atoms with van der Waals surface area (Å²) in [5.74, 6) is 0.588. The minimum Gasteiger partial charge on any atom is -0.321 e. The van der Waals surface area contributed by atoms with Crippen LogP contribution >= 0.6 is 27.5 Å². The highest BCUT2D eigenvalue weighted by Gasteiger charge is 2.33. The SMILES string of the molecule is CC(Cl)c1nc2cc(Br)c(F)cc2n1C1(C)CCCCC1. The molecule has 2 aromatic rings. The second-order valence-electron chi connectivity index (χ2n) is 6.23. The Morgan fingerprint density at radius 1 is 1.33 bits per heavy atom. The molecule has 0 bridgehead atoms. The van der Waals surface area contributed by atoms with Gasteiger partial charge in [0.25, 0.3) is 0 Å². The molecule has 3 rings (SSSR count). The van der Waals surface area contributed by atoms with E-state index in [1.165, 1.54) is 19.3 Å². The fourth-order valence-corrected chi connectivity index (χ4v) is 3.94. The minimum atomic E-state index is -0.253. The lowest BCUT2D eigenvalue weighted by Gasteiger charge is -2.37. The Labute approximate surface area is 137 Å². The maximum atomic E-state index is 14.0. The molecule has 1 fully saturated rings. The van der Waals surface area contributed by atoms with Crippen molar-refractivity contribution in [1.82, 2.24) is 9.55 Å². The molecule has 1 aliphatic rings. The number of rotatable bonds is 2. The van der Waals surface area contributed by atoms with Gasteiger partial charge in [-0.05, 0) is 48.7 Å². The van der Waals surface area contributed by atoms with Crippen LogP contribution in [-0.4, -0.2) is 9.55 Å². The Morgan fingerprint density at radius 3 is 2.62 bits per heavy atom. The first-order valence-electron chi connectivity index (χ1n) is 7.44. The van der Waals surface area contributed by atoms with Crippen LogP contribution in [-0.2, 0) is 5.54 Å². The Hall–Kier alpha value is -0.610. The lowest BCUT2D eigenvalue weighted by molar-refractivity contribution is 0.219. The molecule has 0 amide bonds. The van der Waals surface area contributed by atoms with E-state index in [9.17, 15) is 4.39 Å². The molecule has 1 atom stereocenters. The second kappa shape index (κ2) is 5.54. The quantitative estimate of drug-likeness (QED) is 0.598. The average Bonchev–Trinajstić information content (AvgIpc) is 2.79. The molecular weight excluding hydrogens is 355 g/mol. The minimum absolute atomic E-state index is 0.0221. The highest BCUT2D eigenvalue weighted by Crippen LogP contribution is 2.40. The van der Waals surface area contributed by atoms with Crippen LogP contribution in [0.15, 0.2) is 16.6 Å². The summed E-state index contributed by atoms with van der Waals surface area (Å²) in [4.78, 5) is 4.67. The highest BCUT2D eigenvalue weighted by atomic mass is 79.9. The molecule has 1 unspecified atom stereocenters. The third-order valence-corrected chi connectivity index (χ3v) is 5.35. The van der Waals surface area contributed by atoms with Gasteiger partial charge in [0.05, 0.1) is 20.9 Å². The van der Waals surface area contributed by atoms with Crippen LogP contribution in [0.1, 0.15) is 57.2 Å². The number of aromatic nitrogens is 2. The van der Waals surface area contributed by atoms with E-state index in [-0.39, 0.29) is 16.7 Å². The van der Waals surface area contributed by atoms with Crippen molar-refractivity contribution in [2.45, 2.75) is 56.9 Å². The fourth-order valence-electron chi connectivity index (χ4n) is 3.46. The van der Waals surface area contributed by atoms with Crippen molar-refractivity contribution in [3.8, 4) is 0 Å². The van der Waals surface area contributed by atoms with Crippen LogP contribution in [0.3, 0.4) is 0 Å². The smallest absolute Gasteiger partial charge is 0.139 e. The summed E-state index contributed by atoms with van der Waals surface area (Å²) in [6, 6.07) is 3.32. The van der Waals surface area contributed by atoms with Gasteiger partial charge in [0, 0.05) is 11.6 Å². The summed E-state index contributed by atoms with van der Waals surface area (Å²) >= 11 is 9.59. The van der Waals surface area contributed by atoms with Crippen LogP contribution in [0.25, 0.3) is 11.0 Å². The van der Waals surface area contributed by atoms with E-state index in [1.54, 1.807) is 12.1 Å². The van der Waals surface area contributed by atoms with Gasteiger partial charge in [-0.25, -0.2) is 9.37 Å². The largest absolute Gasteiger partial charge is 0.321 e. The molecule has 21 heavy (non-hydrogen) atoms. The van der Waals surface area contributed by atoms with E-state index in [0.29, 0.717) is 4.47 Å². The zero-order valence-corrected chi connectivity index (χ0v) is 14.6. The van der Waals surface area contributed by atoms with Gasteiger partial charge >= 0.3 is 0 Å². The molecule has 0 spiro atoms. The maximum Gasteiger partial charge on any atom is 0.139 e. The van der Waals surface area contributed by atoms with Gasteiger partial charge in [0.1, 0.15) is 11.6 Å². The molecule has 1 saturated carbocycles. The number of fused-ring (bicyclic) bond motifs is 1. The number of benzene rings is 1. The van der Waals surface area contributed by atoms with Crippen LogP contribution in [0.4, 0.5) is 4.39 Å². The zero-order chi connectivity index (χ0) is 15.2. The van der Waals surface area contributed by atoms with E-state index >= 15 is 0 Å². The van der Waals surface area contributed by atoms with Crippen molar-refractivity contribution in [3.63, 3.8) is 0 Å². The predicted octanol–water partition coefficient (Wildman–Crippen LogP) is 5.92. The van der Waals surface area contributed by atoms with Crippen LogP contribution < -0.4 is 0 Å². The summed E-state index contributed by atoms with van der Waals surface area (Å²) in [6.45, 7) is 4.17. The van der Waals surface area contributed by atoms with Gasteiger partial charge in [-0.1, -0.05) is 19.3 Å². The Kier molecular flexibility index (Phi) is 4.04. The van der Waals surface area contributed by atoms with Crippen molar-refractivity contribution in [2.75, 3.05) is 0 Å². The van der Waals surface area contributed by atoms with E-state index < -0.39 is 0 Å². The molecule has 1 aromatic heterocycles. The summed E-state index contributed by atoms with van der Waals surface area (Å²) in [5, 5.41) is -0.196. The van der Waals surface area contributed by atoms with Crippen molar-refractivity contribution >= 4 is 38.6 Å². The molecule has 0 N–H and O–H groups in total. The molecule has 0 radical (unpaired) electrons. The predicted molar refractivity (Wildman–Crippen MR) is 88.4 cm³/mol. The standard InChI is InChI=1S/C16H19BrClFN2/c1-10(18)15-20-13-8-11(17)12(19)9-14(13)21(15)16(2)6-4-3-5-7-16/h8-10H,3-7H2,1-2H3. The van der Waals surface area contributed by atoms with Gasteiger partial charge in [-0.15, -0.1) is 11.6 Å². The molecule has 5 heteroatoms. The van der Waals surface area contributed by atoms with E-state index in [4.69, 9.17) is 11.6 Å². The first-order chi connectivity index (χ1) is 9.92. The number of hydrogen-bond donors (Lipinski definition) is 0. The maximum absolute atomic E-state index is 14.0. The molecule has 1 aromatic carbocycles. The van der Waals surface area contributed by atoms with Crippen molar-refractivity contribution in [1.29, 1.82) is 0 Å². The van der Waals surface area contributed by atoms with Crippen LogP contribution in [0, 0.1) is 5.82 Å². The van der Waals surface area contributed by atoms with Gasteiger partial charge in [-0.3, -0.25) is 0 Å². The molecule has 0 aliphatic heterocycles. The first-order valence-corrected chi connectivity index (χ1v) is 8.67. The topological polar surface area (TPSA) is 17.8 Å². The summed E-state index contributed by atoms with van der Waals surface area (Å²) in [7, 11) is 0. The zero-order valence-electron chi connectivity index (χ0n) is 12.3.